The van der Waals surface area contributed by atoms with Gasteiger partial charge in [0.25, 0.3) is 11.8 Å². The van der Waals surface area contributed by atoms with Gasteiger partial charge in [0.05, 0.1) is 11.3 Å². The van der Waals surface area contributed by atoms with E-state index in [1.165, 1.54) is 6.92 Å². The zero-order valence-electron chi connectivity index (χ0n) is 16.4. The third kappa shape index (κ3) is 4.00. The monoisotopic (exact) mass is 479 g/mol. The van der Waals surface area contributed by atoms with E-state index in [2.05, 4.69) is 4.98 Å². The summed E-state index contributed by atoms with van der Waals surface area (Å²) in [7, 11) is 1.01. The Kier molecular flexibility index (Phi) is 6.15. The van der Waals surface area contributed by atoms with Crippen molar-refractivity contribution in [1.82, 2.24) is 4.98 Å². The quantitative estimate of drug-likeness (QED) is 0.521. The molecule has 1 fully saturated rings. The number of alkyl halides is 3. The standard InChI is InChI=1S/C19H15ClF5N3O4/c1-7-5-8(19(23,24)25)6-11(26-7)28-14(15(29)16(30)18(28)32)17(31)27(2)10-4-3-9(21)12(20)13(10)22/h3-6,14-16,29-30H,1-2H3/t14-,15-,16-/m0/s1. The highest BCUT2D eigenvalue weighted by Crippen LogP contribution is 2.35. The summed E-state index contributed by atoms with van der Waals surface area (Å²) in [6.07, 6.45) is -9.05. The predicted molar refractivity (Wildman–Crippen MR) is 102 cm³/mol. The molecule has 0 unspecified atom stereocenters. The zero-order valence-corrected chi connectivity index (χ0v) is 17.1. The van der Waals surface area contributed by atoms with Gasteiger partial charge in [0, 0.05) is 12.7 Å². The first-order valence-electron chi connectivity index (χ1n) is 8.91. The number of nitrogens with zero attached hydrogens (tertiary/aromatic N) is 3. The lowest BCUT2D eigenvalue weighted by Crippen LogP contribution is -2.50. The number of rotatable bonds is 3. The van der Waals surface area contributed by atoms with E-state index in [0.717, 1.165) is 19.2 Å². The van der Waals surface area contributed by atoms with Crippen LogP contribution in [-0.4, -0.2) is 52.3 Å². The fourth-order valence-electron chi connectivity index (χ4n) is 3.29. The van der Waals surface area contributed by atoms with Gasteiger partial charge in [-0.2, -0.15) is 13.2 Å². The smallest absolute Gasteiger partial charge is 0.387 e. The second-order valence-electron chi connectivity index (χ2n) is 7.03. The van der Waals surface area contributed by atoms with Gasteiger partial charge in [0.2, 0.25) is 0 Å². The number of benzene rings is 1. The average Bonchev–Trinajstić information content (AvgIpc) is 2.94. The number of hydrogen-bond acceptors (Lipinski definition) is 5. The van der Waals surface area contributed by atoms with Crippen LogP contribution in [0.2, 0.25) is 5.02 Å². The van der Waals surface area contributed by atoms with Crippen LogP contribution in [0.25, 0.3) is 0 Å². The van der Waals surface area contributed by atoms with Crippen molar-refractivity contribution in [2.75, 3.05) is 16.8 Å². The number of aryl methyl sites for hydroxylation is 1. The maximum Gasteiger partial charge on any atom is 0.416 e. The first-order chi connectivity index (χ1) is 14.8. The molecule has 1 aromatic carbocycles. The largest absolute Gasteiger partial charge is 0.416 e. The summed E-state index contributed by atoms with van der Waals surface area (Å²) in [5.41, 5.74) is -1.87. The van der Waals surface area contributed by atoms with E-state index < -0.39 is 70.0 Å². The van der Waals surface area contributed by atoms with E-state index in [-0.39, 0.29) is 5.69 Å². The Hall–Kier alpha value is -2.83. The SMILES string of the molecule is Cc1cc(C(F)(F)F)cc(N2C(=O)[C@@H](O)[C@@H](O)[C@H]2C(=O)N(C)c2ccc(F)c(Cl)c2F)n1. The molecule has 0 spiro atoms. The number of anilines is 2. The summed E-state index contributed by atoms with van der Waals surface area (Å²) < 4.78 is 67.5. The van der Waals surface area contributed by atoms with E-state index in [0.29, 0.717) is 21.9 Å². The van der Waals surface area contributed by atoms with Gasteiger partial charge in [-0.05, 0) is 31.2 Å². The maximum atomic E-state index is 14.4. The van der Waals surface area contributed by atoms with Crippen LogP contribution in [0.5, 0.6) is 0 Å². The minimum Gasteiger partial charge on any atom is -0.387 e. The molecule has 3 rings (SSSR count). The number of aliphatic hydroxyl groups excluding tert-OH is 2. The molecule has 0 radical (unpaired) electrons. The molecule has 0 saturated carbocycles. The first kappa shape index (κ1) is 23.8. The van der Waals surface area contributed by atoms with Crippen LogP contribution in [0.1, 0.15) is 11.3 Å². The lowest BCUT2D eigenvalue weighted by atomic mass is 10.1. The minimum atomic E-state index is -4.81. The van der Waals surface area contributed by atoms with Crippen molar-refractivity contribution in [1.29, 1.82) is 0 Å². The summed E-state index contributed by atoms with van der Waals surface area (Å²) >= 11 is 5.51. The fourth-order valence-corrected chi connectivity index (χ4v) is 3.45. The van der Waals surface area contributed by atoms with Gasteiger partial charge in [-0.1, -0.05) is 11.6 Å². The Labute approximate surface area is 182 Å². The summed E-state index contributed by atoms with van der Waals surface area (Å²) in [6, 6.07) is 0.859. The lowest BCUT2D eigenvalue weighted by molar-refractivity contribution is -0.137. The molecule has 2 heterocycles. The van der Waals surface area contributed by atoms with Crippen LogP contribution in [0.3, 0.4) is 0 Å². The number of likely N-dealkylation sites (N-methyl/N-ethyl adjacent to an activating group) is 1. The number of aromatic nitrogens is 1. The molecule has 32 heavy (non-hydrogen) atoms. The second-order valence-corrected chi connectivity index (χ2v) is 7.41. The highest BCUT2D eigenvalue weighted by atomic mass is 35.5. The van der Waals surface area contributed by atoms with E-state index in [4.69, 9.17) is 11.6 Å². The Morgan fingerprint density at radius 3 is 2.44 bits per heavy atom. The third-order valence-corrected chi connectivity index (χ3v) is 5.24. The normalized spacial score (nSPS) is 21.2. The van der Waals surface area contributed by atoms with E-state index in [9.17, 15) is 41.8 Å². The number of carbonyl (C=O) groups is 2. The Morgan fingerprint density at radius 2 is 1.84 bits per heavy atom. The van der Waals surface area contributed by atoms with Crippen molar-refractivity contribution < 1.29 is 41.8 Å². The molecule has 1 aliphatic rings. The molecule has 2 aromatic rings. The van der Waals surface area contributed by atoms with Gasteiger partial charge < -0.3 is 15.1 Å². The van der Waals surface area contributed by atoms with Crippen molar-refractivity contribution in [3.05, 3.63) is 52.2 Å². The van der Waals surface area contributed by atoms with Crippen molar-refractivity contribution in [3.8, 4) is 0 Å². The molecule has 2 amide bonds. The Morgan fingerprint density at radius 1 is 1.22 bits per heavy atom. The summed E-state index contributed by atoms with van der Waals surface area (Å²) in [5, 5.41) is 19.4. The molecule has 0 bridgehead atoms. The van der Waals surface area contributed by atoms with Crippen molar-refractivity contribution >= 4 is 34.9 Å². The number of pyridine rings is 1. The Bertz CT molecular complexity index is 1100. The molecule has 3 atom stereocenters. The van der Waals surface area contributed by atoms with Crippen molar-refractivity contribution in [3.63, 3.8) is 0 Å². The van der Waals surface area contributed by atoms with E-state index in [1.807, 2.05) is 0 Å². The zero-order chi connectivity index (χ0) is 24.1. The van der Waals surface area contributed by atoms with Crippen molar-refractivity contribution in [2.24, 2.45) is 0 Å². The molecule has 1 saturated heterocycles. The molecule has 1 aromatic heterocycles. The molecular formula is C19H15ClF5N3O4. The topological polar surface area (TPSA) is 94.0 Å². The van der Waals surface area contributed by atoms with E-state index in [1.54, 1.807) is 0 Å². The van der Waals surface area contributed by atoms with Crippen LogP contribution in [0, 0.1) is 18.6 Å². The molecule has 1 aliphatic heterocycles. The van der Waals surface area contributed by atoms with E-state index >= 15 is 0 Å². The van der Waals surface area contributed by atoms with Gasteiger partial charge in [0.15, 0.2) is 11.9 Å². The molecule has 0 aliphatic carbocycles. The summed E-state index contributed by atoms with van der Waals surface area (Å²) in [6.45, 7) is 1.21. The van der Waals surface area contributed by atoms with Crippen LogP contribution < -0.4 is 9.80 Å². The van der Waals surface area contributed by atoms with Gasteiger partial charge in [-0.3, -0.25) is 14.5 Å². The number of carbonyl (C=O) groups excluding carboxylic acids is 2. The van der Waals surface area contributed by atoms with Crippen molar-refractivity contribution in [2.45, 2.75) is 31.3 Å². The number of amides is 2. The molecule has 13 heteroatoms. The van der Waals surface area contributed by atoms with Crippen LogP contribution in [0.15, 0.2) is 24.3 Å². The molecule has 2 N–H and O–H groups in total. The number of aliphatic hydroxyl groups is 2. The molecular weight excluding hydrogens is 465 g/mol. The highest BCUT2D eigenvalue weighted by molar-refractivity contribution is 6.31. The number of halogens is 6. The fraction of sp³-hybridized carbons (Fsp3) is 0.316. The molecule has 172 valence electrons. The van der Waals surface area contributed by atoms with Crippen LogP contribution in [0.4, 0.5) is 33.5 Å². The predicted octanol–water partition coefficient (Wildman–Crippen LogP) is 2.44. The van der Waals surface area contributed by atoms with Gasteiger partial charge in [0.1, 0.15) is 28.8 Å². The summed E-state index contributed by atoms with van der Waals surface area (Å²) in [5.74, 6) is -5.55. The van der Waals surface area contributed by atoms with Gasteiger partial charge in [-0.25, -0.2) is 13.8 Å². The maximum absolute atomic E-state index is 14.4. The average molecular weight is 480 g/mol. The number of hydrogen-bond donors (Lipinski definition) is 2. The second kappa shape index (κ2) is 8.26. The van der Waals surface area contributed by atoms with Crippen LogP contribution in [-0.2, 0) is 15.8 Å². The van der Waals surface area contributed by atoms with Gasteiger partial charge in [-0.15, -0.1) is 0 Å². The summed E-state index contributed by atoms with van der Waals surface area (Å²) in [4.78, 5) is 30.4. The highest BCUT2D eigenvalue weighted by Gasteiger charge is 2.53. The molecule has 7 nitrogen and oxygen atoms in total. The lowest BCUT2D eigenvalue weighted by Gasteiger charge is -2.29. The Balaban J connectivity index is 2.08. The third-order valence-electron chi connectivity index (χ3n) is 4.89. The minimum absolute atomic E-state index is 0.158. The first-order valence-corrected chi connectivity index (χ1v) is 9.29. The van der Waals surface area contributed by atoms with Gasteiger partial charge >= 0.3 is 6.18 Å². The van der Waals surface area contributed by atoms with Crippen LogP contribution >= 0.6 is 11.6 Å².